The van der Waals surface area contributed by atoms with Crippen molar-refractivity contribution in [2.24, 2.45) is 5.92 Å². The van der Waals surface area contributed by atoms with Gasteiger partial charge in [-0.3, -0.25) is 9.52 Å². The lowest BCUT2D eigenvalue weighted by Gasteiger charge is -2.31. The predicted molar refractivity (Wildman–Crippen MR) is 94.3 cm³/mol. The maximum Gasteiger partial charge on any atom is 0.232 e. The second-order valence-corrected chi connectivity index (χ2v) is 8.21. The maximum absolute atomic E-state index is 12.4. The first kappa shape index (κ1) is 17.8. The van der Waals surface area contributed by atoms with Crippen LogP contribution >= 0.6 is 0 Å². The third kappa shape index (κ3) is 4.47. The summed E-state index contributed by atoms with van der Waals surface area (Å²) in [5.74, 6) is 0.123. The fourth-order valence-electron chi connectivity index (χ4n) is 2.74. The van der Waals surface area contributed by atoms with Crippen molar-refractivity contribution in [2.45, 2.75) is 46.5 Å². The molecule has 1 aromatic carbocycles. The molecular weight excluding hydrogens is 312 g/mol. The van der Waals surface area contributed by atoms with Crippen LogP contribution in [-0.2, 0) is 21.2 Å². The number of amides is 1. The number of unbranched alkanes of at least 4 members (excludes halogenated alkanes) is 1. The molecule has 2 rings (SSSR count). The summed E-state index contributed by atoms with van der Waals surface area (Å²) in [6, 6.07) is 5.50. The summed E-state index contributed by atoms with van der Waals surface area (Å²) in [6.45, 7) is 6.42. The number of aryl methyl sites for hydroxylation is 1. The number of rotatable bonds is 6. The molecule has 0 aromatic heterocycles. The van der Waals surface area contributed by atoms with Crippen LogP contribution in [0.5, 0.6) is 0 Å². The predicted octanol–water partition coefficient (Wildman–Crippen LogP) is 3.16. The van der Waals surface area contributed by atoms with E-state index in [4.69, 9.17) is 0 Å². The average molecular weight is 338 g/mol. The van der Waals surface area contributed by atoms with Crippen molar-refractivity contribution in [3.05, 3.63) is 23.8 Å². The molecule has 0 radical (unpaired) electrons. The minimum atomic E-state index is -3.33. The third-order valence-corrected chi connectivity index (χ3v) is 5.38. The zero-order valence-electron chi connectivity index (χ0n) is 14.1. The number of carbonyl (C=O) groups excluding carboxylic acids is 1. The highest BCUT2D eigenvalue weighted by atomic mass is 32.2. The second-order valence-electron chi connectivity index (χ2n) is 6.37. The number of benzene rings is 1. The van der Waals surface area contributed by atoms with Crippen LogP contribution in [0.4, 0.5) is 11.4 Å². The number of anilines is 2. The minimum Gasteiger partial charge on any atom is -0.312 e. The number of hydrogen-bond acceptors (Lipinski definition) is 3. The first-order chi connectivity index (χ1) is 10.8. The Hall–Kier alpha value is -1.56. The van der Waals surface area contributed by atoms with E-state index in [1.54, 1.807) is 17.0 Å². The van der Waals surface area contributed by atoms with E-state index >= 15 is 0 Å². The molecule has 0 spiro atoms. The van der Waals surface area contributed by atoms with Crippen molar-refractivity contribution >= 4 is 27.3 Å². The van der Waals surface area contributed by atoms with Crippen LogP contribution < -0.4 is 9.62 Å². The summed E-state index contributed by atoms with van der Waals surface area (Å²) >= 11 is 0. The van der Waals surface area contributed by atoms with Crippen LogP contribution in [-0.4, -0.2) is 26.6 Å². The van der Waals surface area contributed by atoms with Crippen molar-refractivity contribution < 1.29 is 13.2 Å². The molecule has 1 heterocycles. The molecule has 1 aliphatic heterocycles. The zero-order valence-corrected chi connectivity index (χ0v) is 14.9. The van der Waals surface area contributed by atoms with Crippen LogP contribution in [0.3, 0.4) is 0 Å². The number of hydrogen-bond donors (Lipinski definition) is 1. The molecule has 0 unspecified atom stereocenters. The normalized spacial score (nSPS) is 14.7. The Kier molecular flexibility index (Phi) is 5.68. The fraction of sp³-hybridized carbons (Fsp3) is 0.588. The largest absolute Gasteiger partial charge is 0.312 e. The van der Waals surface area contributed by atoms with Gasteiger partial charge in [0.25, 0.3) is 0 Å². The van der Waals surface area contributed by atoms with E-state index in [1.165, 1.54) is 0 Å². The molecule has 128 valence electrons. The van der Waals surface area contributed by atoms with Gasteiger partial charge in [0, 0.05) is 18.2 Å². The van der Waals surface area contributed by atoms with Gasteiger partial charge in [0.15, 0.2) is 0 Å². The number of sulfonamides is 1. The van der Waals surface area contributed by atoms with Gasteiger partial charge in [-0.1, -0.05) is 33.3 Å². The molecule has 0 aliphatic carbocycles. The number of nitrogens with one attached hydrogen (secondary N) is 1. The SMILES string of the molecule is CCCCS(=O)(=O)Nc1ccc2c(c1)N(C(=O)C(C)C)CCC2. The molecule has 0 fully saturated rings. The maximum atomic E-state index is 12.4. The second kappa shape index (κ2) is 7.34. The zero-order chi connectivity index (χ0) is 17.0. The molecule has 1 aromatic rings. The lowest BCUT2D eigenvalue weighted by atomic mass is 9.99. The van der Waals surface area contributed by atoms with Crippen molar-refractivity contribution in [1.82, 2.24) is 0 Å². The Morgan fingerprint density at radius 3 is 2.74 bits per heavy atom. The highest BCUT2D eigenvalue weighted by molar-refractivity contribution is 7.92. The molecule has 0 saturated carbocycles. The Morgan fingerprint density at radius 1 is 1.35 bits per heavy atom. The van der Waals surface area contributed by atoms with E-state index in [0.29, 0.717) is 18.7 Å². The van der Waals surface area contributed by atoms with E-state index in [-0.39, 0.29) is 17.6 Å². The van der Waals surface area contributed by atoms with E-state index in [2.05, 4.69) is 4.72 Å². The quantitative estimate of drug-likeness (QED) is 0.866. The highest BCUT2D eigenvalue weighted by Crippen LogP contribution is 2.31. The van der Waals surface area contributed by atoms with Gasteiger partial charge in [0.2, 0.25) is 15.9 Å². The topological polar surface area (TPSA) is 66.5 Å². The average Bonchev–Trinajstić information content (AvgIpc) is 2.51. The number of fused-ring (bicyclic) bond motifs is 1. The molecule has 0 saturated heterocycles. The molecular formula is C17H26N2O3S. The fourth-order valence-corrected chi connectivity index (χ4v) is 4.00. The van der Waals surface area contributed by atoms with Gasteiger partial charge in [0.1, 0.15) is 0 Å². The van der Waals surface area contributed by atoms with Gasteiger partial charge >= 0.3 is 0 Å². The van der Waals surface area contributed by atoms with Gasteiger partial charge in [-0.05, 0) is 37.0 Å². The van der Waals surface area contributed by atoms with Crippen molar-refractivity contribution in [3.63, 3.8) is 0 Å². The summed E-state index contributed by atoms with van der Waals surface area (Å²) in [7, 11) is -3.33. The highest BCUT2D eigenvalue weighted by Gasteiger charge is 2.25. The lowest BCUT2D eigenvalue weighted by molar-refractivity contribution is -0.121. The summed E-state index contributed by atoms with van der Waals surface area (Å²) < 4.78 is 26.7. The number of carbonyl (C=O) groups is 1. The molecule has 1 aliphatic rings. The van der Waals surface area contributed by atoms with Gasteiger partial charge in [0.05, 0.1) is 11.4 Å². The first-order valence-corrected chi connectivity index (χ1v) is 9.94. The Balaban J connectivity index is 2.26. The standard InChI is InChI=1S/C17H26N2O3S/c1-4-5-11-23(21,22)18-15-9-8-14-7-6-10-19(16(14)12-15)17(20)13(2)3/h8-9,12-13,18H,4-7,10-11H2,1-3H3. The van der Waals surface area contributed by atoms with Gasteiger partial charge in [-0.15, -0.1) is 0 Å². The lowest BCUT2D eigenvalue weighted by Crippen LogP contribution is -2.38. The van der Waals surface area contributed by atoms with E-state index in [0.717, 1.165) is 30.5 Å². The van der Waals surface area contributed by atoms with E-state index in [1.807, 2.05) is 26.8 Å². The van der Waals surface area contributed by atoms with Gasteiger partial charge in [-0.25, -0.2) is 8.42 Å². The van der Waals surface area contributed by atoms with E-state index in [9.17, 15) is 13.2 Å². The van der Waals surface area contributed by atoms with Crippen LogP contribution in [0.25, 0.3) is 0 Å². The Labute approximate surface area is 139 Å². The van der Waals surface area contributed by atoms with Gasteiger partial charge < -0.3 is 4.90 Å². The molecule has 0 atom stereocenters. The number of nitrogens with zero attached hydrogens (tertiary/aromatic N) is 1. The monoisotopic (exact) mass is 338 g/mol. The van der Waals surface area contributed by atoms with Crippen molar-refractivity contribution in [2.75, 3.05) is 21.9 Å². The van der Waals surface area contributed by atoms with Crippen LogP contribution in [0.2, 0.25) is 0 Å². The molecule has 5 nitrogen and oxygen atoms in total. The summed E-state index contributed by atoms with van der Waals surface area (Å²) in [4.78, 5) is 14.2. The van der Waals surface area contributed by atoms with Crippen LogP contribution in [0.1, 0.15) is 45.6 Å². The molecule has 23 heavy (non-hydrogen) atoms. The summed E-state index contributed by atoms with van der Waals surface area (Å²) in [6.07, 6.45) is 3.33. The summed E-state index contributed by atoms with van der Waals surface area (Å²) in [5.41, 5.74) is 2.47. The van der Waals surface area contributed by atoms with Crippen molar-refractivity contribution in [3.8, 4) is 0 Å². The van der Waals surface area contributed by atoms with E-state index < -0.39 is 10.0 Å². The summed E-state index contributed by atoms with van der Waals surface area (Å²) in [5, 5.41) is 0. The molecule has 0 bridgehead atoms. The van der Waals surface area contributed by atoms with Gasteiger partial charge in [-0.2, -0.15) is 0 Å². The smallest absolute Gasteiger partial charge is 0.232 e. The van der Waals surface area contributed by atoms with Crippen LogP contribution in [0.15, 0.2) is 18.2 Å². The Morgan fingerprint density at radius 2 is 2.09 bits per heavy atom. The molecule has 1 N–H and O–H groups in total. The Bertz CT molecular complexity index is 668. The van der Waals surface area contributed by atoms with Crippen LogP contribution in [0, 0.1) is 5.92 Å². The van der Waals surface area contributed by atoms with Crippen molar-refractivity contribution in [1.29, 1.82) is 0 Å². The molecule has 1 amide bonds. The first-order valence-electron chi connectivity index (χ1n) is 8.29. The third-order valence-electron chi connectivity index (χ3n) is 4.00. The molecule has 6 heteroatoms. The minimum absolute atomic E-state index is 0.0779.